The van der Waals surface area contributed by atoms with Gasteiger partial charge in [0.05, 0.1) is 20.5 Å². The van der Waals surface area contributed by atoms with Gasteiger partial charge in [0.15, 0.2) is 0 Å². The molecule has 0 aliphatic carbocycles. The second kappa shape index (κ2) is 6.64. The number of alkyl halides is 1. The molecule has 3 aromatic rings. The maximum atomic E-state index is 12.9. The van der Waals surface area contributed by atoms with Crippen molar-refractivity contribution < 1.29 is 0 Å². The van der Waals surface area contributed by atoms with Gasteiger partial charge in [-0.25, -0.2) is 4.98 Å². The van der Waals surface area contributed by atoms with Crippen LogP contribution < -0.4 is 5.56 Å². The van der Waals surface area contributed by atoms with Gasteiger partial charge >= 0.3 is 0 Å². The third-order valence-corrected chi connectivity index (χ3v) is 6.06. The van der Waals surface area contributed by atoms with Gasteiger partial charge in [0.25, 0.3) is 5.56 Å². The topological polar surface area (TPSA) is 34.9 Å². The van der Waals surface area contributed by atoms with Gasteiger partial charge in [-0.05, 0) is 34.0 Å². The fourth-order valence-corrected chi connectivity index (χ4v) is 4.14. The van der Waals surface area contributed by atoms with Crippen LogP contribution in [0.5, 0.6) is 0 Å². The van der Waals surface area contributed by atoms with E-state index in [1.165, 1.54) is 11.3 Å². The first-order valence-corrected chi connectivity index (χ1v) is 9.50. The first kappa shape index (κ1) is 15.9. The molecule has 0 bridgehead atoms. The molecule has 1 atom stereocenters. The minimum absolute atomic E-state index is 0.0173. The van der Waals surface area contributed by atoms with E-state index in [9.17, 15) is 4.79 Å². The van der Waals surface area contributed by atoms with Crippen molar-refractivity contribution in [2.24, 2.45) is 0 Å². The lowest BCUT2D eigenvalue weighted by Gasteiger charge is -2.15. The van der Waals surface area contributed by atoms with E-state index in [1.807, 2.05) is 36.4 Å². The van der Waals surface area contributed by atoms with Crippen molar-refractivity contribution in [3.8, 4) is 0 Å². The van der Waals surface area contributed by atoms with E-state index in [0.717, 1.165) is 26.4 Å². The van der Waals surface area contributed by atoms with E-state index in [-0.39, 0.29) is 10.4 Å². The smallest absolute Gasteiger partial charge is 0.262 e. The molecule has 1 unspecified atom stereocenters. The van der Waals surface area contributed by atoms with Crippen LogP contribution in [0.25, 0.3) is 10.2 Å². The number of aromatic nitrogens is 2. The lowest BCUT2D eigenvalue weighted by atomic mass is 10.2. The third kappa shape index (κ3) is 3.05. The summed E-state index contributed by atoms with van der Waals surface area (Å²) in [5.74, 6) is 0.790. The quantitative estimate of drug-likeness (QED) is 0.527. The van der Waals surface area contributed by atoms with Crippen molar-refractivity contribution in [3.05, 3.63) is 61.9 Å². The molecule has 2 aromatic heterocycles. The Morgan fingerprint density at radius 2 is 2.05 bits per heavy atom. The largest absolute Gasteiger partial charge is 0.291 e. The lowest BCUT2D eigenvalue weighted by molar-refractivity contribution is 0.663. The molecule has 0 amide bonds. The predicted octanol–water partition coefficient (Wildman–Crippen LogP) is 5.11. The molecule has 0 spiro atoms. The van der Waals surface area contributed by atoms with E-state index in [2.05, 4.69) is 38.8 Å². The molecular formula is C16H14Br2N2OS. The van der Waals surface area contributed by atoms with E-state index in [4.69, 9.17) is 4.98 Å². The van der Waals surface area contributed by atoms with Gasteiger partial charge in [0.2, 0.25) is 0 Å². The summed E-state index contributed by atoms with van der Waals surface area (Å²) in [6.45, 7) is 2.61. The molecule has 0 fully saturated rings. The zero-order chi connectivity index (χ0) is 15.7. The maximum absolute atomic E-state index is 12.9. The number of thiophene rings is 1. The number of rotatable bonds is 4. The summed E-state index contributed by atoms with van der Waals surface area (Å²) < 4.78 is 2.71. The van der Waals surface area contributed by atoms with Gasteiger partial charge in [-0.2, -0.15) is 0 Å². The first-order valence-electron chi connectivity index (χ1n) is 6.98. The van der Waals surface area contributed by atoms with Crippen LogP contribution in [0.2, 0.25) is 0 Å². The minimum Gasteiger partial charge on any atom is -0.291 e. The Bertz CT molecular complexity index is 858. The van der Waals surface area contributed by atoms with Gasteiger partial charge in [-0.3, -0.25) is 9.36 Å². The summed E-state index contributed by atoms with van der Waals surface area (Å²) in [4.78, 5) is 18.5. The number of hydrogen-bond donors (Lipinski definition) is 0. The highest BCUT2D eigenvalue weighted by Gasteiger charge is 2.18. The fraction of sp³-hybridized carbons (Fsp3) is 0.250. The predicted molar refractivity (Wildman–Crippen MR) is 99.1 cm³/mol. The molecule has 3 rings (SSSR count). The van der Waals surface area contributed by atoms with Crippen molar-refractivity contribution in [2.45, 2.75) is 24.7 Å². The molecule has 0 saturated carbocycles. The molecule has 0 aliphatic heterocycles. The van der Waals surface area contributed by atoms with Crippen LogP contribution in [0.1, 0.15) is 29.6 Å². The van der Waals surface area contributed by atoms with Crippen molar-refractivity contribution in [3.63, 3.8) is 0 Å². The Morgan fingerprint density at radius 1 is 1.32 bits per heavy atom. The Hall–Kier alpha value is -0.980. The lowest BCUT2D eigenvalue weighted by Crippen LogP contribution is -2.26. The van der Waals surface area contributed by atoms with Crippen molar-refractivity contribution in [1.82, 2.24) is 9.55 Å². The molecule has 1 aromatic carbocycles. The number of benzene rings is 1. The van der Waals surface area contributed by atoms with Crippen LogP contribution in [-0.2, 0) is 6.54 Å². The van der Waals surface area contributed by atoms with E-state index in [0.29, 0.717) is 11.9 Å². The summed E-state index contributed by atoms with van der Waals surface area (Å²) in [7, 11) is 0. The number of nitrogens with zero attached hydrogens (tertiary/aromatic N) is 2. The van der Waals surface area contributed by atoms with Gasteiger partial charge in [-0.1, -0.05) is 53.2 Å². The summed E-state index contributed by atoms with van der Waals surface area (Å²) >= 11 is 8.59. The Kier molecular flexibility index (Phi) is 4.80. The van der Waals surface area contributed by atoms with Crippen molar-refractivity contribution in [2.75, 3.05) is 0 Å². The molecule has 22 heavy (non-hydrogen) atoms. The van der Waals surface area contributed by atoms with E-state index in [1.54, 1.807) is 4.57 Å². The van der Waals surface area contributed by atoms with Crippen molar-refractivity contribution >= 4 is 53.4 Å². The van der Waals surface area contributed by atoms with E-state index < -0.39 is 0 Å². The molecule has 3 nitrogen and oxygen atoms in total. The van der Waals surface area contributed by atoms with Crippen LogP contribution in [0.4, 0.5) is 0 Å². The second-order valence-electron chi connectivity index (χ2n) is 4.99. The van der Waals surface area contributed by atoms with Crippen LogP contribution in [0.15, 0.2) is 45.0 Å². The fourth-order valence-electron chi connectivity index (χ4n) is 2.34. The Morgan fingerprint density at radius 3 is 2.73 bits per heavy atom. The second-order valence-corrected chi connectivity index (χ2v) is 8.51. The van der Waals surface area contributed by atoms with Crippen LogP contribution in [0, 0.1) is 0 Å². The van der Waals surface area contributed by atoms with Crippen LogP contribution >= 0.6 is 43.2 Å². The standard InChI is InChI=1S/C16H14Br2N2OS/c1-2-12(17)14-19-15-11(8-13(18)22-15)16(21)20(14)9-10-6-4-3-5-7-10/h3-8,12H,2,9H2,1H3. The van der Waals surface area contributed by atoms with E-state index >= 15 is 0 Å². The zero-order valence-corrected chi connectivity index (χ0v) is 15.9. The Labute approximate surface area is 149 Å². The van der Waals surface area contributed by atoms with Gasteiger partial charge in [-0.15, -0.1) is 11.3 Å². The number of hydrogen-bond acceptors (Lipinski definition) is 3. The monoisotopic (exact) mass is 440 g/mol. The summed E-state index contributed by atoms with van der Waals surface area (Å²) in [6, 6.07) is 11.9. The molecule has 0 N–H and O–H groups in total. The highest BCUT2D eigenvalue weighted by molar-refractivity contribution is 9.11. The molecule has 6 heteroatoms. The number of fused-ring (bicyclic) bond motifs is 1. The summed E-state index contributed by atoms with van der Waals surface area (Å²) in [5.41, 5.74) is 1.11. The first-order chi connectivity index (χ1) is 10.6. The number of halogens is 2. The molecule has 0 saturated heterocycles. The van der Waals surface area contributed by atoms with Crippen molar-refractivity contribution in [1.29, 1.82) is 0 Å². The van der Waals surface area contributed by atoms with Crippen LogP contribution in [-0.4, -0.2) is 9.55 Å². The summed E-state index contributed by atoms with van der Waals surface area (Å²) in [5, 5.41) is 0.673. The molecule has 0 radical (unpaired) electrons. The maximum Gasteiger partial charge on any atom is 0.262 e. The molecule has 0 aliphatic rings. The normalized spacial score (nSPS) is 12.7. The van der Waals surface area contributed by atoms with Gasteiger partial charge in [0, 0.05) is 0 Å². The third-order valence-electron chi connectivity index (χ3n) is 3.47. The minimum atomic E-state index is 0.0173. The zero-order valence-electron chi connectivity index (χ0n) is 11.9. The molecule has 2 heterocycles. The average molecular weight is 442 g/mol. The average Bonchev–Trinajstić information content (AvgIpc) is 2.91. The summed E-state index contributed by atoms with van der Waals surface area (Å²) in [6.07, 6.45) is 0.874. The molecular weight excluding hydrogens is 428 g/mol. The Balaban J connectivity index is 2.20. The van der Waals surface area contributed by atoms with Gasteiger partial charge in [0.1, 0.15) is 10.7 Å². The SMILES string of the molecule is CCC(Br)c1nc2sc(Br)cc2c(=O)n1Cc1ccccc1. The molecule has 114 valence electrons. The highest BCUT2D eigenvalue weighted by Crippen LogP contribution is 2.30. The highest BCUT2D eigenvalue weighted by atomic mass is 79.9. The van der Waals surface area contributed by atoms with Gasteiger partial charge < -0.3 is 0 Å². The van der Waals surface area contributed by atoms with Crippen LogP contribution in [0.3, 0.4) is 0 Å².